The van der Waals surface area contributed by atoms with Crippen LogP contribution in [0.4, 0.5) is 0 Å². The molecule has 1 aromatic carbocycles. The maximum Gasteiger partial charge on any atom is 0.354 e. The summed E-state index contributed by atoms with van der Waals surface area (Å²) < 4.78 is 10.0. The SMILES string of the molecule is C#CCOc1cccc2[nH]c(C(=O)OC)cc12. The molecule has 2 aromatic rings. The molecule has 0 aliphatic carbocycles. The molecule has 0 atom stereocenters. The molecule has 1 N–H and O–H groups in total. The third-order valence-corrected chi connectivity index (χ3v) is 2.34. The van der Waals surface area contributed by atoms with Crippen molar-refractivity contribution in [2.45, 2.75) is 0 Å². The second-order valence-electron chi connectivity index (χ2n) is 3.38. The quantitative estimate of drug-likeness (QED) is 0.646. The van der Waals surface area contributed by atoms with Gasteiger partial charge in [-0.15, -0.1) is 6.42 Å². The molecular formula is C13H11NO3. The van der Waals surface area contributed by atoms with Crippen LogP contribution in [0.2, 0.25) is 0 Å². The van der Waals surface area contributed by atoms with Crippen molar-refractivity contribution >= 4 is 16.9 Å². The van der Waals surface area contributed by atoms with Gasteiger partial charge in [0.15, 0.2) is 0 Å². The molecule has 0 aliphatic rings. The molecule has 0 saturated heterocycles. The molecule has 17 heavy (non-hydrogen) atoms. The number of aromatic nitrogens is 1. The number of benzene rings is 1. The van der Waals surface area contributed by atoms with E-state index in [0.717, 1.165) is 10.9 Å². The van der Waals surface area contributed by atoms with Crippen LogP contribution in [0.5, 0.6) is 5.75 Å². The number of hydrogen-bond donors (Lipinski definition) is 1. The van der Waals surface area contributed by atoms with E-state index in [0.29, 0.717) is 11.4 Å². The first-order valence-electron chi connectivity index (χ1n) is 5.02. The van der Waals surface area contributed by atoms with E-state index in [1.165, 1.54) is 7.11 Å². The van der Waals surface area contributed by atoms with E-state index in [4.69, 9.17) is 11.2 Å². The highest BCUT2D eigenvalue weighted by atomic mass is 16.5. The van der Waals surface area contributed by atoms with Crippen LogP contribution in [-0.2, 0) is 4.74 Å². The number of ether oxygens (including phenoxy) is 2. The summed E-state index contributed by atoms with van der Waals surface area (Å²) in [5.41, 5.74) is 1.19. The Morgan fingerprint density at radius 1 is 1.53 bits per heavy atom. The summed E-state index contributed by atoms with van der Waals surface area (Å²) in [7, 11) is 1.34. The van der Waals surface area contributed by atoms with Crippen molar-refractivity contribution in [2.75, 3.05) is 13.7 Å². The first kappa shape index (κ1) is 11.1. The molecule has 86 valence electrons. The summed E-state index contributed by atoms with van der Waals surface area (Å²) in [5.74, 6) is 2.63. The Morgan fingerprint density at radius 3 is 3.06 bits per heavy atom. The monoisotopic (exact) mass is 229 g/mol. The Kier molecular flexibility index (Phi) is 3.01. The molecule has 1 aromatic heterocycles. The fourth-order valence-corrected chi connectivity index (χ4v) is 1.59. The smallest absolute Gasteiger partial charge is 0.354 e. The number of hydrogen-bond acceptors (Lipinski definition) is 3. The number of carbonyl (C=O) groups excluding carboxylic acids is 1. The number of nitrogens with one attached hydrogen (secondary N) is 1. The Bertz CT molecular complexity index is 592. The van der Waals surface area contributed by atoms with Gasteiger partial charge in [0.1, 0.15) is 18.1 Å². The average molecular weight is 229 g/mol. The number of esters is 1. The van der Waals surface area contributed by atoms with Crippen LogP contribution in [0, 0.1) is 12.3 Å². The lowest BCUT2D eigenvalue weighted by molar-refractivity contribution is 0.0595. The molecule has 0 fully saturated rings. The van der Waals surface area contributed by atoms with Crippen LogP contribution < -0.4 is 4.74 Å². The second-order valence-corrected chi connectivity index (χ2v) is 3.38. The normalized spacial score (nSPS) is 9.88. The van der Waals surface area contributed by atoms with Crippen LogP contribution in [0.3, 0.4) is 0 Å². The number of H-pyrrole nitrogens is 1. The van der Waals surface area contributed by atoms with Gasteiger partial charge in [0.05, 0.1) is 7.11 Å². The van der Waals surface area contributed by atoms with Gasteiger partial charge in [-0.3, -0.25) is 0 Å². The standard InChI is InChI=1S/C13H11NO3/c1-3-7-17-12-6-4-5-10-9(12)8-11(14-10)13(15)16-2/h1,4-6,8,14H,7H2,2H3. The van der Waals surface area contributed by atoms with E-state index >= 15 is 0 Å². The number of methoxy groups -OCH3 is 1. The molecule has 0 radical (unpaired) electrons. The summed E-state index contributed by atoms with van der Waals surface area (Å²) in [6.45, 7) is 0.192. The van der Waals surface area contributed by atoms with Gasteiger partial charge >= 0.3 is 5.97 Å². The number of carbonyl (C=O) groups is 1. The lowest BCUT2D eigenvalue weighted by Gasteiger charge is -2.02. The zero-order valence-electron chi connectivity index (χ0n) is 9.32. The summed E-state index contributed by atoms with van der Waals surface area (Å²) in [5, 5.41) is 0.808. The molecule has 4 heteroatoms. The highest BCUT2D eigenvalue weighted by molar-refractivity contribution is 5.97. The summed E-state index contributed by atoms with van der Waals surface area (Å²) in [6, 6.07) is 7.16. The van der Waals surface area contributed by atoms with Crippen LogP contribution in [0.15, 0.2) is 24.3 Å². The minimum Gasteiger partial charge on any atom is -0.480 e. The number of aromatic amines is 1. The predicted molar refractivity (Wildman–Crippen MR) is 64.0 cm³/mol. The molecule has 2 rings (SSSR count). The van der Waals surface area contributed by atoms with Crippen LogP contribution in [0.1, 0.15) is 10.5 Å². The van der Waals surface area contributed by atoms with E-state index in [-0.39, 0.29) is 6.61 Å². The van der Waals surface area contributed by atoms with Gasteiger partial charge in [0.2, 0.25) is 0 Å². The Balaban J connectivity index is 2.46. The maximum absolute atomic E-state index is 11.4. The summed E-state index contributed by atoms with van der Waals surface area (Å²) in [6.07, 6.45) is 5.14. The molecule has 0 amide bonds. The first-order chi connectivity index (χ1) is 8.26. The topological polar surface area (TPSA) is 51.3 Å². The summed E-state index contributed by atoms with van der Waals surface area (Å²) >= 11 is 0. The van der Waals surface area contributed by atoms with E-state index < -0.39 is 5.97 Å². The Hall–Kier alpha value is -2.41. The van der Waals surface area contributed by atoms with Crippen molar-refractivity contribution < 1.29 is 14.3 Å². The first-order valence-corrected chi connectivity index (χ1v) is 5.02. The van der Waals surface area contributed by atoms with Crippen LogP contribution >= 0.6 is 0 Å². The van der Waals surface area contributed by atoms with Crippen molar-refractivity contribution in [3.05, 3.63) is 30.0 Å². The largest absolute Gasteiger partial charge is 0.480 e. The third-order valence-electron chi connectivity index (χ3n) is 2.34. The minimum absolute atomic E-state index is 0.192. The van der Waals surface area contributed by atoms with Crippen LogP contribution in [0.25, 0.3) is 10.9 Å². The lowest BCUT2D eigenvalue weighted by Crippen LogP contribution is -2.00. The Labute approximate surface area is 98.5 Å². The zero-order valence-corrected chi connectivity index (χ0v) is 9.32. The lowest BCUT2D eigenvalue weighted by atomic mass is 10.2. The van der Waals surface area contributed by atoms with Crippen LogP contribution in [-0.4, -0.2) is 24.7 Å². The molecule has 0 unspecified atom stereocenters. The second kappa shape index (κ2) is 4.62. The molecule has 1 heterocycles. The molecule has 0 bridgehead atoms. The molecule has 0 saturated carbocycles. The highest BCUT2D eigenvalue weighted by Crippen LogP contribution is 2.26. The highest BCUT2D eigenvalue weighted by Gasteiger charge is 2.11. The molecule has 0 spiro atoms. The number of terminal acetylenes is 1. The van der Waals surface area contributed by atoms with Gasteiger partial charge < -0.3 is 14.5 Å². The average Bonchev–Trinajstić information content (AvgIpc) is 2.79. The molecular weight excluding hydrogens is 218 g/mol. The van der Waals surface area contributed by atoms with Crippen molar-refractivity contribution in [2.24, 2.45) is 0 Å². The van der Waals surface area contributed by atoms with E-state index in [1.54, 1.807) is 12.1 Å². The predicted octanol–water partition coefficient (Wildman–Crippen LogP) is 1.97. The summed E-state index contributed by atoms with van der Waals surface area (Å²) in [4.78, 5) is 14.3. The van der Waals surface area contributed by atoms with Gasteiger partial charge in [0, 0.05) is 10.9 Å². The van der Waals surface area contributed by atoms with Gasteiger partial charge in [-0.25, -0.2) is 4.79 Å². The fraction of sp³-hybridized carbons (Fsp3) is 0.154. The van der Waals surface area contributed by atoms with Gasteiger partial charge in [-0.1, -0.05) is 12.0 Å². The van der Waals surface area contributed by atoms with Gasteiger partial charge in [-0.2, -0.15) is 0 Å². The number of rotatable bonds is 3. The van der Waals surface area contributed by atoms with Crippen molar-refractivity contribution in [1.82, 2.24) is 4.98 Å². The van der Waals surface area contributed by atoms with Gasteiger partial charge in [0.25, 0.3) is 0 Å². The van der Waals surface area contributed by atoms with E-state index in [2.05, 4.69) is 15.6 Å². The van der Waals surface area contributed by atoms with Crippen molar-refractivity contribution in [3.63, 3.8) is 0 Å². The Morgan fingerprint density at radius 2 is 2.35 bits per heavy atom. The van der Waals surface area contributed by atoms with E-state index in [1.807, 2.05) is 12.1 Å². The minimum atomic E-state index is -0.413. The van der Waals surface area contributed by atoms with Crippen molar-refractivity contribution in [3.8, 4) is 18.1 Å². The fourth-order valence-electron chi connectivity index (χ4n) is 1.59. The zero-order chi connectivity index (χ0) is 12.3. The molecule has 0 aliphatic heterocycles. The van der Waals surface area contributed by atoms with Gasteiger partial charge in [-0.05, 0) is 18.2 Å². The third kappa shape index (κ3) is 2.08. The number of fused-ring (bicyclic) bond motifs is 1. The maximum atomic E-state index is 11.4. The van der Waals surface area contributed by atoms with E-state index in [9.17, 15) is 4.79 Å². The van der Waals surface area contributed by atoms with Crippen molar-refractivity contribution in [1.29, 1.82) is 0 Å². The molecule has 4 nitrogen and oxygen atoms in total.